The molecule has 4 nitrogen and oxygen atoms in total. The summed E-state index contributed by atoms with van der Waals surface area (Å²) >= 11 is 0. The monoisotopic (exact) mass is 248 g/mol. The Hall–Kier alpha value is -1.84. The molecule has 4 heteroatoms. The summed E-state index contributed by atoms with van der Waals surface area (Å²) in [5.74, 6) is -0.203. The lowest BCUT2D eigenvalue weighted by Crippen LogP contribution is -2.21. The van der Waals surface area contributed by atoms with E-state index >= 15 is 0 Å². The van der Waals surface area contributed by atoms with E-state index in [0.717, 1.165) is 17.5 Å². The van der Waals surface area contributed by atoms with Crippen LogP contribution in [0.15, 0.2) is 18.2 Å². The highest BCUT2D eigenvalue weighted by Crippen LogP contribution is 2.28. The van der Waals surface area contributed by atoms with E-state index in [0.29, 0.717) is 5.75 Å². The van der Waals surface area contributed by atoms with Crippen LogP contribution in [-0.2, 0) is 27.4 Å². The number of ether oxygens (including phenoxy) is 2. The molecule has 1 aromatic carbocycles. The zero-order valence-corrected chi connectivity index (χ0v) is 10.6. The summed E-state index contributed by atoms with van der Waals surface area (Å²) in [5, 5.41) is 0. The van der Waals surface area contributed by atoms with Gasteiger partial charge in [-0.25, -0.2) is 0 Å². The first-order valence-corrected chi connectivity index (χ1v) is 6.10. The summed E-state index contributed by atoms with van der Waals surface area (Å²) < 4.78 is 10.3. The summed E-state index contributed by atoms with van der Waals surface area (Å²) in [6, 6.07) is 5.40. The van der Waals surface area contributed by atoms with Crippen molar-refractivity contribution in [1.29, 1.82) is 0 Å². The number of fused-ring (bicyclic) bond motifs is 1. The molecule has 0 amide bonds. The molecule has 0 bridgehead atoms. The van der Waals surface area contributed by atoms with Crippen LogP contribution in [-0.4, -0.2) is 11.9 Å². The Morgan fingerprint density at radius 3 is 3.00 bits per heavy atom. The first kappa shape index (κ1) is 12.6. The van der Waals surface area contributed by atoms with E-state index in [4.69, 9.17) is 9.47 Å². The zero-order valence-electron chi connectivity index (χ0n) is 10.6. The number of rotatable bonds is 3. The highest BCUT2D eigenvalue weighted by atomic mass is 16.5. The first-order valence-electron chi connectivity index (χ1n) is 6.10. The van der Waals surface area contributed by atoms with Crippen LogP contribution in [0.5, 0.6) is 5.75 Å². The number of cyclic esters (lactones) is 1. The molecule has 0 spiro atoms. The molecule has 1 aromatic rings. The molecule has 1 aliphatic rings. The van der Waals surface area contributed by atoms with Crippen LogP contribution in [0.25, 0.3) is 0 Å². The van der Waals surface area contributed by atoms with Gasteiger partial charge in [0.05, 0.1) is 12.3 Å². The Morgan fingerprint density at radius 1 is 1.50 bits per heavy atom. The maximum atomic E-state index is 11.8. The molecule has 1 heterocycles. The van der Waals surface area contributed by atoms with E-state index in [1.165, 1.54) is 0 Å². The van der Waals surface area contributed by atoms with Gasteiger partial charge in [-0.05, 0) is 18.1 Å². The molecular weight excluding hydrogens is 232 g/mol. The second kappa shape index (κ2) is 5.21. The number of esters is 2. The standard InChI is InChI=1S/C14H16O4/c1-3-9(2)14(16)18-12-6-4-5-10-8-17-13(15)7-11(10)12/h4-6,9H,3,7-8H2,1-2H3. The topological polar surface area (TPSA) is 52.6 Å². The van der Waals surface area contributed by atoms with Crippen molar-refractivity contribution in [1.82, 2.24) is 0 Å². The van der Waals surface area contributed by atoms with Crippen molar-refractivity contribution in [3.05, 3.63) is 29.3 Å². The van der Waals surface area contributed by atoms with Crippen LogP contribution < -0.4 is 4.74 Å². The van der Waals surface area contributed by atoms with Crippen molar-refractivity contribution < 1.29 is 19.1 Å². The minimum absolute atomic E-state index is 0.142. The number of hydrogen-bond acceptors (Lipinski definition) is 4. The minimum Gasteiger partial charge on any atom is -0.461 e. The maximum Gasteiger partial charge on any atom is 0.314 e. The average Bonchev–Trinajstić information content (AvgIpc) is 2.38. The Bertz CT molecular complexity index is 479. The molecule has 0 aliphatic carbocycles. The Labute approximate surface area is 106 Å². The van der Waals surface area contributed by atoms with Gasteiger partial charge < -0.3 is 9.47 Å². The number of carbonyl (C=O) groups is 2. The van der Waals surface area contributed by atoms with Crippen molar-refractivity contribution in [3.8, 4) is 5.75 Å². The molecule has 0 saturated carbocycles. The number of carbonyl (C=O) groups excluding carboxylic acids is 2. The molecule has 1 atom stereocenters. The van der Waals surface area contributed by atoms with Crippen LogP contribution in [0.3, 0.4) is 0 Å². The number of benzene rings is 1. The molecule has 0 aromatic heterocycles. The average molecular weight is 248 g/mol. The molecule has 96 valence electrons. The highest BCUT2D eigenvalue weighted by molar-refractivity contribution is 5.79. The second-order valence-corrected chi connectivity index (χ2v) is 4.46. The minimum atomic E-state index is -0.283. The van der Waals surface area contributed by atoms with Gasteiger partial charge in [-0.3, -0.25) is 9.59 Å². The van der Waals surface area contributed by atoms with Crippen molar-refractivity contribution >= 4 is 11.9 Å². The van der Waals surface area contributed by atoms with Gasteiger partial charge in [0.25, 0.3) is 0 Å². The van der Waals surface area contributed by atoms with Crippen LogP contribution in [0.4, 0.5) is 0 Å². The summed E-state index contributed by atoms with van der Waals surface area (Å²) in [4.78, 5) is 23.1. The zero-order chi connectivity index (χ0) is 13.1. The summed E-state index contributed by atoms with van der Waals surface area (Å²) in [7, 11) is 0. The lowest BCUT2D eigenvalue weighted by Gasteiger charge is -2.19. The predicted molar refractivity (Wildman–Crippen MR) is 65.0 cm³/mol. The first-order chi connectivity index (χ1) is 8.61. The predicted octanol–water partition coefficient (Wildman–Crippen LogP) is 2.24. The Balaban J connectivity index is 2.24. The van der Waals surface area contributed by atoms with Crippen LogP contribution in [0, 0.1) is 5.92 Å². The quantitative estimate of drug-likeness (QED) is 0.608. The summed E-state index contributed by atoms with van der Waals surface area (Å²) in [5.41, 5.74) is 1.68. The van der Waals surface area contributed by atoms with Crippen LogP contribution >= 0.6 is 0 Å². The van der Waals surface area contributed by atoms with Gasteiger partial charge in [0.2, 0.25) is 0 Å². The lowest BCUT2D eigenvalue weighted by atomic mass is 10.0. The fraction of sp³-hybridized carbons (Fsp3) is 0.429. The molecule has 2 rings (SSSR count). The summed E-state index contributed by atoms with van der Waals surface area (Å²) in [6.45, 7) is 4.01. The van der Waals surface area contributed by atoms with Gasteiger partial charge in [-0.1, -0.05) is 26.0 Å². The van der Waals surface area contributed by atoms with E-state index < -0.39 is 0 Å². The van der Waals surface area contributed by atoms with Crippen molar-refractivity contribution in [2.24, 2.45) is 5.92 Å². The van der Waals surface area contributed by atoms with Crippen LogP contribution in [0.2, 0.25) is 0 Å². The van der Waals surface area contributed by atoms with Crippen molar-refractivity contribution in [2.45, 2.75) is 33.3 Å². The maximum absolute atomic E-state index is 11.8. The van der Waals surface area contributed by atoms with E-state index in [9.17, 15) is 9.59 Å². The fourth-order valence-corrected chi connectivity index (χ4v) is 1.77. The molecule has 0 saturated heterocycles. The third-order valence-electron chi connectivity index (χ3n) is 3.17. The molecular formula is C14H16O4. The summed E-state index contributed by atoms with van der Waals surface area (Å²) in [6.07, 6.45) is 0.898. The van der Waals surface area contributed by atoms with Crippen LogP contribution in [0.1, 0.15) is 31.4 Å². The third-order valence-corrected chi connectivity index (χ3v) is 3.17. The normalized spacial score (nSPS) is 15.6. The van der Waals surface area contributed by atoms with Gasteiger partial charge >= 0.3 is 11.9 Å². The lowest BCUT2D eigenvalue weighted by molar-refractivity contribution is -0.146. The van der Waals surface area contributed by atoms with E-state index in [-0.39, 0.29) is 30.9 Å². The van der Waals surface area contributed by atoms with Gasteiger partial charge in [0.1, 0.15) is 12.4 Å². The molecule has 18 heavy (non-hydrogen) atoms. The SMILES string of the molecule is CCC(C)C(=O)Oc1cccc2c1CC(=O)OC2. The van der Waals surface area contributed by atoms with E-state index in [1.807, 2.05) is 19.9 Å². The van der Waals surface area contributed by atoms with E-state index in [1.54, 1.807) is 12.1 Å². The second-order valence-electron chi connectivity index (χ2n) is 4.46. The van der Waals surface area contributed by atoms with Crippen molar-refractivity contribution in [2.75, 3.05) is 0 Å². The van der Waals surface area contributed by atoms with Gasteiger partial charge in [-0.2, -0.15) is 0 Å². The fourth-order valence-electron chi connectivity index (χ4n) is 1.77. The van der Waals surface area contributed by atoms with Gasteiger partial charge in [-0.15, -0.1) is 0 Å². The Morgan fingerprint density at radius 2 is 2.28 bits per heavy atom. The highest BCUT2D eigenvalue weighted by Gasteiger charge is 2.22. The molecule has 1 aliphatic heterocycles. The molecule has 0 fully saturated rings. The number of hydrogen-bond donors (Lipinski definition) is 0. The molecule has 0 radical (unpaired) electrons. The molecule has 0 N–H and O–H groups in total. The van der Waals surface area contributed by atoms with Gasteiger partial charge in [0.15, 0.2) is 0 Å². The molecule has 1 unspecified atom stereocenters. The van der Waals surface area contributed by atoms with Crippen molar-refractivity contribution in [3.63, 3.8) is 0 Å². The van der Waals surface area contributed by atoms with E-state index in [2.05, 4.69) is 0 Å². The largest absolute Gasteiger partial charge is 0.461 e. The third kappa shape index (κ3) is 2.53. The van der Waals surface area contributed by atoms with Gasteiger partial charge in [0, 0.05) is 5.56 Å². The Kier molecular flexibility index (Phi) is 3.65. The smallest absolute Gasteiger partial charge is 0.314 e.